The summed E-state index contributed by atoms with van der Waals surface area (Å²) in [5, 5.41) is 5.21. The number of carbonyl (C=O) groups excluding carboxylic acids is 2. The molecule has 10 nitrogen and oxygen atoms in total. The Hall–Kier alpha value is -4.51. The molecule has 3 aromatic heterocycles. The van der Waals surface area contributed by atoms with Crippen molar-refractivity contribution in [3.8, 4) is 33.3 Å². The number of piperazine rings is 1. The van der Waals surface area contributed by atoms with Crippen LogP contribution in [0.25, 0.3) is 43.6 Å². The second-order valence-corrected chi connectivity index (χ2v) is 13.5. The van der Waals surface area contributed by atoms with Gasteiger partial charge in [-0.25, -0.2) is 9.78 Å². The number of hydrogen-bond acceptors (Lipinski definition) is 7. The third-order valence-corrected chi connectivity index (χ3v) is 9.22. The number of thiazole rings is 1. The summed E-state index contributed by atoms with van der Waals surface area (Å²) in [4.78, 5) is 37.6. The molecule has 0 radical (unpaired) electrons. The maximum absolute atomic E-state index is 13.1. The summed E-state index contributed by atoms with van der Waals surface area (Å²) in [6.45, 7) is 10.3. The van der Waals surface area contributed by atoms with Crippen molar-refractivity contribution in [2.75, 3.05) is 40.4 Å². The van der Waals surface area contributed by atoms with Gasteiger partial charge in [-0.15, -0.1) is 11.3 Å². The summed E-state index contributed by atoms with van der Waals surface area (Å²) in [7, 11) is 3.35. The second-order valence-electron chi connectivity index (χ2n) is 12.6. The third-order valence-electron chi connectivity index (χ3n) is 8.35. The highest BCUT2D eigenvalue weighted by molar-refractivity contribution is 7.13. The lowest BCUT2D eigenvalue weighted by atomic mass is 10.1. The molecule has 0 bridgehead atoms. The Morgan fingerprint density at radius 1 is 0.957 bits per heavy atom. The highest BCUT2D eigenvalue weighted by Crippen LogP contribution is 2.39. The van der Waals surface area contributed by atoms with Crippen LogP contribution in [0.15, 0.2) is 48.0 Å². The highest BCUT2D eigenvalue weighted by atomic mass is 32.1. The molecule has 5 aromatic rings. The number of rotatable bonds is 8. The van der Waals surface area contributed by atoms with E-state index in [4.69, 9.17) is 19.2 Å². The van der Waals surface area contributed by atoms with E-state index in [9.17, 15) is 9.59 Å². The number of fused-ring (bicyclic) bond motifs is 2. The summed E-state index contributed by atoms with van der Waals surface area (Å²) in [6, 6.07) is 12.1. The fourth-order valence-corrected chi connectivity index (χ4v) is 6.89. The molecule has 0 saturated carbocycles. The van der Waals surface area contributed by atoms with Gasteiger partial charge in [-0.05, 0) is 64.4 Å². The largest absolute Gasteiger partial charge is 0.497 e. The van der Waals surface area contributed by atoms with Crippen molar-refractivity contribution in [2.45, 2.75) is 52.7 Å². The molecule has 6 rings (SSSR count). The molecule has 1 saturated heterocycles. The molecule has 0 spiro atoms. The van der Waals surface area contributed by atoms with Gasteiger partial charge in [-0.2, -0.15) is 0 Å². The van der Waals surface area contributed by atoms with Crippen molar-refractivity contribution >= 4 is 45.1 Å². The van der Waals surface area contributed by atoms with Crippen LogP contribution in [-0.2, 0) is 16.1 Å². The molecule has 4 heterocycles. The van der Waals surface area contributed by atoms with Crippen LogP contribution in [0.4, 0.5) is 4.79 Å². The SMILES string of the molecule is COc1ccc2[nH]c(C)c(-c3csc(-c4cn(CCCC(=O)N5CCN(C(=O)OC(C)(C)C)CC5)c5cc(OC)ccc45)n3)c2c1. The van der Waals surface area contributed by atoms with E-state index < -0.39 is 5.60 Å². The lowest BCUT2D eigenvalue weighted by Gasteiger charge is -2.35. The molecule has 11 heteroatoms. The zero-order chi connectivity index (χ0) is 32.6. The van der Waals surface area contributed by atoms with E-state index in [2.05, 4.69) is 34.1 Å². The Kier molecular flexibility index (Phi) is 8.69. The first-order valence-corrected chi connectivity index (χ1v) is 16.5. The van der Waals surface area contributed by atoms with Gasteiger partial charge in [0.2, 0.25) is 5.91 Å². The van der Waals surface area contributed by atoms with Crippen LogP contribution in [0.2, 0.25) is 0 Å². The summed E-state index contributed by atoms with van der Waals surface area (Å²) in [5.74, 6) is 1.69. The van der Waals surface area contributed by atoms with Gasteiger partial charge in [0.1, 0.15) is 22.1 Å². The number of benzene rings is 2. The van der Waals surface area contributed by atoms with Crippen molar-refractivity contribution in [1.82, 2.24) is 24.3 Å². The first kappa shape index (κ1) is 31.5. The minimum atomic E-state index is -0.538. The molecule has 0 atom stereocenters. The minimum Gasteiger partial charge on any atom is -0.497 e. The van der Waals surface area contributed by atoms with Gasteiger partial charge in [-0.3, -0.25) is 4.79 Å². The molecule has 1 aliphatic rings. The molecule has 2 aromatic carbocycles. The first-order chi connectivity index (χ1) is 22.0. The number of carbonyl (C=O) groups is 2. The summed E-state index contributed by atoms with van der Waals surface area (Å²) in [6.07, 6.45) is 2.93. The molecule has 1 N–H and O–H groups in total. The Morgan fingerprint density at radius 3 is 2.37 bits per heavy atom. The van der Waals surface area contributed by atoms with Crippen LogP contribution in [0.1, 0.15) is 39.3 Å². The quantitative estimate of drug-likeness (QED) is 0.194. The summed E-state index contributed by atoms with van der Waals surface area (Å²) in [5.41, 5.74) is 5.65. The fourth-order valence-electron chi connectivity index (χ4n) is 6.05. The lowest BCUT2D eigenvalue weighted by Crippen LogP contribution is -2.51. The number of aromatic amines is 1. The number of nitrogens with zero attached hydrogens (tertiary/aromatic N) is 4. The van der Waals surface area contributed by atoms with Gasteiger partial charge in [0, 0.05) is 89.9 Å². The molecule has 0 aliphatic carbocycles. The molecule has 242 valence electrons. The Bertz CT molecular complexity index is 1890. The fraction of sp³-hybridized carbons (Fsp3) is 0.400. The average molecular weight is 644 g/mol. The number of ether oxygens (including phenoxy) is 3. The topological polar surface area (TPSA) is 102 Å². The molecule has 2 amide bonds. The monoisotopic (exact) mass is 643 g/mol. The van der Waals surface area contributed by atoms with E-state index in [-0.39, 0.29) is 12.0 Å². The predicted molar refractivity (Wildman–Crippen MR) is 182 cm³/mol. The standard InChI is InChI=1S/C35H41N5O5S/c1-22-32(26-18-23(43-5)10-12-28(26)36-22)29-21-46-33(37-29)27-20-40(30-19-24(44-6)9-11-25(27)30)13-7-8-31(41)38-14-16-39(17-15-38)34(42)45-35(2,3)4/h9-12,18-21,36H,7-8,13-17H2,1-6H3. The maximum Gasteiger partial charge on any atom is 0.410 e. The van der Waals surface area contributed by atoms with Gasteiger partial charge in [-0.1, -0.05) is 0 Å². The van der Waals surface area contributed by atoms with Crippen molar-refractivity contribution in [3.63, 3.8) is 0 Å². The highest BCUT2D eigenvalue weighted by Gasteiger charge is 2.27. The zero-order valence-electron chi connectivity index (χ0n) is 27.3. The Morgan fingerprint density at radius 2 is 1.65 bits per heavy atom. The number of nitrogens with one attached hydrogen (secondary N) is 1. The van der Waals surface area contributed by atoms with Gasteiger partial charge in [0.05, 0.1) is 25.4 Å². The number of H-pyrrole nitrogens is 1. The molecule has 46 heavy (non-hydrogen) atoms. The number of methoxy groups -OCH3 is 2. The maximum atomic E-state index is 13.1. The number of aryl methyl sites for hydroxylation is 2. The second kappa shape index (κ2) is 12.7. The van der Waals surface area contributed by atoms with E-state index in [1.54, 1.807) is 30.5 Å². The Labute approximate surface area is 272 Å². The van der Waals surface area contributed by atoms with Crippen LogP contribution in [0, 0.1) is 6.92 Å². The smallest absolute Gasteiger partial charge is 0.410 e. The van der Waals surface area contributed by atoms with Crippen LogP contribution in [-0.4, -0.2) is 82.3 Å². The first-order valence-electron chi connectivity index (χ1n) is 15.6. The van der Waals surface area contributed by atoms with E-state index in [1.165, 1.54) is 0 Å². The summed E-state index contributed by atoms with van der Waals surface area (Å²) < 4.78 is 18.7. The predicted octanol–water partition coefficient (Wildman–Crippen LogP) is 7.10. The van der Waals surface area contributed by atoms with E-state index in [0.717, 1.165) is 60.8 Å². The lowest BCUT2D eigenvalue weighted by molar-refractivity contribution is -0.133. The molecular weight excluding hydrogens is 602 g/mol. The van der Waals surface area contributed by atoms with Crippen LogP contribution < -0.4 is 9.47 Å². The normalized spacial score (nSPS) is 13.9. The van der Waals surface area contributed by atoms with Crippen molar-refractivity contribution < 1.29 is 23.8 Å². The van der Waals surface area contributed by atoms with Crippen LogP contribution in [0.5, 0.6) is 11.5 Å². The molecule has 1 aliphatic heterocycles. The van der Waals surface area contributed by atoms with E-state index in [0.29, 0.717) is 45.6 Å². The average Bonchev–Trinajstić information content (AvgIpc) is 3.74. The van der Waals surface area contributed by atoms with Crippen molar-refractivity contribution in [3.05, 3.63) is 53.7 Å². The number of hydrogen-bond donors (Lipinski definition) is 1. The molecular formula is C35H41N5O5S. The van der Waals surface area contributed by atoms with Gasteiger partial charge >= 0.3 is 6.09 Å². The van der Waals surface area contributed by atoms with Crippen molar-refractivity contribution in [2.24, 2.45) is 0 Å². The minimum absolute atomic E-state index is 0.105. The van der Waals surface area contributed by atoms with Gasteiger partial charge in [0.25, 0.3) is 0 Å². The number of aromatic nitrogens is 3. The van der Waals surface area contributed by atoms with Gasteiger partial charge in [0.15, 0.2) is 0 Å². The van der Waals surface area contributed by atoms with Crippen LogP contribution in [0.3, 0.4) is 0 Å². The van der Waals surface area contributed by atoms with E-state index in [1.807, 2.05) is 56.0 Å². The van der Waals surface area contributed by atoms with E-state index >= 15 is 0 Å². The zero-order valence-corrected chi connectivity index (χ0v) is 28.1. The summed E-state index contributed by atoms with van der Waals surface area (Å²) >= 11 is 1.62. The third kappa shape index (κ3) is 6.42. The van der Waals surface area contributed by atoms with Crippen LogP contribution >= 0.6 is 11.3 Å². The number of amides is 2. The Balaban J connectivity index is 1.18. The molecule has 1 fully saturated rings. The van der Waals surface area contributed by atoms with Gasteiger partial charge < -0.3 is 33.6 Å². The molecule has 0 unspecified atom stereocenters. The van der Waals surface area contributed by atoms with Crippen molar-refractivity contribution in [1.29, 1.82) is 0 Å².